The second-order valence-electron chi connectivity index (χ2n) is 7.71. The number of pyridine rings is 1. The van der Waals surface area contributed by atoms with Gasteiger partial charge in [0.2, 0.25) is 0 Å². The molecule has 4 aromatic rings. The molecule has 1 atom stereocenters. The van der Waals surface area contributed by atoms with E-state index in [9.17, 15) is 0 Å². The molecule has 1 saturated heterocycles. The third-order valence-corrected chi connectivity index (χ3v) is 5.61. The summed E-state index contributed by atoms with van der Waals surface area (Å²) in [5.74, 6) is 0.860. The van der Waals surface area contributed by atoms with Gasteiger partial charge in [-0.2, -0.15) is 0 Å². The number of nitrogens with zero attached hydrogens (tertiary/aromatic N) is 2. The number of rotatable bonds is 5. The van der Waals surface area contributed by atoms with E-state index in [4.69, 9.17) is 4.74 Å². The lowest BCUT2D eigenvalue weighted by atomic mass is 10.1. The molecule has 0 spiro atoms. The van der Waals surface area contributed by atoms with E-state index in [-0.39, 0.29) is 6.10 Å². The topological polar surface area (TPSA) is 37.4 Å². The molecule has 1 N–H and O–H groups in total. The Labute approximate surface area is 177 Å². The largest absolute Gasteiger partial charge is 0.371 e. The predicted octanol–water partition coefficient (Wildman–Crippen LogP) is 5.55. The fraction of sp³-hybridized carbons (Fsp3) is 0.192. The molecule has 3 aromatic carbocycles. The SMILES string of the molecule is c1ccc(C2CN(Cc3ccc(Nc4cccc5ccccc45)nc3)CCO2)cc1. The Hall–Kier alpha value is -3.21. The van der Waals surface area contributed by atoms with E-state index in [1.807, 2.05) is 12.3 Å². The van der Waals surface area contributed by atoms with Crippen molar-refractivity contribution in [3.63, 3.8) is 0 Å². The van der Waals surface area contributed by atoms with Gasteiger partial charge >= 0.3 is 0 Å². The molecule has 4 heteroatoms. The molecule has 150 valence electrons. The number of hydrogen-bond acceptors (Lipinski definition) is 4. The van der Waals surface area contributed by atoms with E-state index in [1.54, 1.807) is 0 Å². The lowest BCUT2D eigenvalue weighted by Gasteiger charge is -2.33. The molecule has 30 heavy (non-hydrogen) atoms. The van der Waals surface area contributed by atoms with Gasteiger partial charge in [-0.15, -0.1) is 0 Å². The first-order valence-corrected chi connectivity index (χ1v) is 10.4. The zero-order valence-corrected chi connectivity index (χ0v) is 16.9. The fourth-order valence-electron chi connectivity index (χ4n) is 4.04. The first-order valence-electron chi connectivity index (χ1n) is 10.4. The molecule has 0 amide bonds. The second-order valence-corrected chi connectivity index (χ2v) is 7.71. The van der Waals surface area contributed by atoms with Crippen LogP contribution in [0.4, 0.5) is 11.5 Å². The van der Waals surface area contributed by atoms with Gasteiger partial charge in [0.15, 0.2) is 0 Å². The second kappa shape index (κ2) is 8.66. The summed E-state index contributed by atoms with van der Waals surface area (Å²) < 4.78 is 5.99. The number of fused-ring (bicyclic) bond motifs is 1. The highest BCUT2D eigenvalue weighted by Crippen LogP contribution is 2.26. The lowest BCUT2D eigenvalue weighted by Crippen LogP contribution is -2.37. The van der Waals surface area contributed by atoms with E-state index in [2.05, 4.69) is 94.1 Å². The van der Waals surface area contributed by atoms with Gasteiger partial charge in [-0.1, -0.05) is 72.8 Å². The molecule has 1 aromatic heterocycles. The fourth-order valence-corrected chi connectivity index (χ4v) is 4.04. The van der Waals surface area contributed by atoms with Crippen molar-refractivity contribution in [1.29, 1.82) is 0 Å². The minimum absolute atomic E-state index is 0.139. The van der Waals surface area contributed by atoms with Crippen molar-refractivity contribution >= 4 is 22.3 Å². The van der Waals surface area contributed by atoms with E-state index in [1.165, 1.54) is 21.9 Å². The molecule has 1 fully saturated rings. The summed E-state index contributed by atoms with van der Waals surface area (Å²) in [6.07, 6.45) is 2.11. The Morgan fingerprint density at radius 2 is 1.73 bits per heavy atom. The molecule has 0 radical (unpaired) electrons. The first-order chi connectivity index (χ1) is 14.8. The number of anilines is 2. The number of morpholine rings is 1. The van der Waals surface area contributed by atoms with Crippen LogP contribution in [-0.2, 0) is 11.3 Å². The Morgan fingerprint density at radius 1 is 0.900 bits per heavy atom. The molecular weight excluding hydrogens is 370 g/mol. The van der Waals surface area contributed by atoms with E-state index in [0.717, 1.165) is 37.7 Å². The van der Waals surface area contributed by atoms with Crippen LogP contribution in [0.3, 0.4) is 0 Å². The first kappa shape index (κ1) is 18.8. The molecule has 4 nitrogen and oxygen atoms in total. The number of hydrogen-bond donors (Lipinski definition) is 1. The van der Waals surface area contributed by atoms with Crippen LogP contribution >= 0.6 is 0 Å². The minimum Gasteiger partial charge on any atom is -0.371 e. The molecule has 0 saturated carbocycles. The van der Waals surface area contributed by atoms with Crippen LogP contribution in [0, 0.1) is 0 Å². The van der Waals surface area contributed by atoms with Gasteiger partial charge in [-0.3, -0.25) is 4.90 Å². The summed E-state index contributed by atoms with van der Waals surface area (Å²) >= 11 is 0. The number of nitrogens with one attached hydrogen (secondary N) is 1. The van der Waals surface area contributed by atoms with Gasteiger partial charge in [0.25, 0.3) is 0 Å². The van der Waals surface area contributed by atoms with Crippen molar-refractivity contribution in [2.24, 2.45) is 0 Å². The van der Waals surface area contributed by atoms with Crippen LogP contribution in [0.5, 0.6) is 0 Å². The lowest BCUT2D eigenvalue weighted by molar-refractivity contribution is -0.0329. The summed E-state index contributed by atoms with van der Waals surface area (Å²) in [4.78, 5) is 7.09. The summed E-state index contributed by atoms with van der Waals surface area (Å²) in [6.45, 7) is 3.49. The summed E-state index contributed by atoms with van der Waals surface area (Å²) in [7, 11) is 0. The summed E-state index contributed by atoms with van der Waals surface area (Å²) in [5, 5.41) is 5.88. The molecule has 5 rings (SSSR count). The highest BCUT2D eigenvalue weighted by atomic mass is 16.5. The Kier molecular flexibility index (Phi) is 5.42. The van der Waals surface area contributed by atoms with Crippen LogP contribution < -0.4 is 5.32 Å². The third kappa shape index (κ3) is 4.20. The van der Waals surface area contributed by atoms with Crippen molar-refractivity contribution < 1.29 is 4.74 Å². The molecule has 1 aliphatic rings. The van der Waals surface area contributed by atoms with Gasteiger partial charge in [0, 0.05) is 36.9 Å². The maximum Gasteiger partial charge on any atom is 0.130 e. The third-order valence-electron chi connectivity index (χ3n) is 5.61. The van der Waals surface area contributed by atoms with E-state index >= 15 is 0 Å². The molecule has 0 aliphatic carbocycles. The van der Waals surface area contributed by atoms with Crippen molar-refractivity contribution in [3.05, 3.63) is 102 Å². The number of ether oxygens (including phenoxy) is 1. The van der Waals surface area contributed by atoms with Crippen LogP contribution in [0.2, 0.25) is 0 Å². The normalized spacial score (nSPS) is 17.1. The quantitative estimate of drug-likeness (QED) is 0.481. The van der Waals surface area contributed by atoms with Crippen LogP contribution in [0.15, 0.2) is 91.1 Å². The average Bonchev–Trinajstić information content (AvgIpc) is 2.81. The zero-order valence-electron chi connectivity index (χ0n) is 16.9. The van der Waals surface area contributed by atoms with Crippen LogP contribution in [-0.4, -0.2) is 29.6 Å². The monoisotopic (exact) mass is 395 g/mol. The van der Waals surface area contributed by atoms with E-state index in [0.29, 0.717) is 0 Å². The smallest absolute Gasteiger partial charge is 0.130 e. The summed E-state index contributed by atoms with van der Waals surface area (Å²) in [6, 6.07) is 29.4. The number of benzene rings is 3. The maximum absolute atomic E-state index is 5.99. The Bertz CT molecular complexity index is 1110. The molecular formula is C26H25N3O. The molecule has 1 unspecified atom stereocenters. The molecule has 2 heterocycles. The highest BCUT2D eigenvalue weighted by Gasteiger charge is 2.21. The van der Waals surface area contributed by atoms with Crippen molar-refractivity contribution in [2.45, 2.75) is 12.6 Å². The maximum atomic E-state index is 5.99. The Morgan fingerprint density at radius 3 is 2.60 bits per heavy atom. The van der Waals surface area contributed by atoms with Crippen LogP contribution in [0.1, 0.15) is 17.2 Å². The Balaban J connectivity index is 1.25. The molecule has 1 aliphatic heterocycles. The zero-order chi connectivity index (χ0) is 20.2. The summed E-state index contributed by atoms with van der Waals surface area (Å²) in [5.41, 5.74) is 3.54. The molecule has 0 bridgehead atoms. The van der Waals surface area contributed by atoms with Crippen molar-refractivity contribution in [1.82, 2.24) is 9.88 Å². The van der Waals surface area contributed by atoms with Gasteiger partial charge in [0.1, 0.15) is 5.82 Å². The minimum atomic E-state index is 0.139. The highest BCUT2D eigenvalue weighted by molar-refractivity contribution is 5.95. The van der Waals surface area contributed by atoms with Gasteiger partial charge in [0.05, 0.1) is 12.7 Å². The average molecular weight is 396 g/mol. The van der Waals surface area contributed by atoms with Gasteiger partial charge < -0.3 is 10.1 Å². The standard InChI is InChI=1S/C26H25N3O/c1-2-8-22(9-3-1)25-19-29(15-16-30-25)18-20-13-14-26(27-17-20)28-24-12-6-10-21-7-4-5-11-23(21)24/h1-14,17,25H,15-16,18-19H2,(H,27,28). The van der Waals surface area contributed by atoms with Crippen molar-refractivity contribution in [3.8, 4) is 0 Å². The van der Waals surface area contributed by atoms with Crippen LogP contribution in [0.25, 0.3) is 10.8 Å². The van der Waals surface area contributed by atoms with E-state index < -0.39 is 0 Å². The van der Waals surface area contributed by atoms with Gasteiger partial charge in [-0.25, -0.2) is 4.98 Å². The number of aromatic nitrogens is 1. The van der Waals surface area contributed by atoms with Crippen molar-refractivity contribution in [2.75, 3.05) is 25.0 Å². The van der Waals surface area contributed by atoms with Gasteiger partial charge in [-0.05, 0) is 28.6 Å². The predicted molar refractivity (Wildman–Crippen MR) is 122 cm³/mol.